The zero-order valence-electron chi connectivity index (χ0n) is 14.3. The fraction of sp³-hybridized carbons (Fsp3) is 0.167. The largest absolute Gasteiger partial charge is 0.496 e. The predicted octanol–water partition coefficient (Wildman–Crippen LogP) is 3.33. The third-order valence-electron chi connectivity index (χ3n) is 3.39. The number of amides is 2. The molecule has 2 rings (SSSR count). The molecule has 26 heavy (non-hydrogen) atoms. The van der Waals surface area contributed by atoms with Gasteiger partial charge in [0.05, 0.1) is 23.9 Å². The Labute approximate surface area is 165 Å². The molecule has 0 unspecified atom stereocenters. The summed E-state index contributed by atoms with van der Waals surface area (Å²) >= 11 is 8.53. The Bertz CT molecular complexity index is 842. The van der Waals surface area contributed by atoms with Crippen LogP contribution in [0.25, 0.3) is 0 Å². The fourth-order valence-electron chi connectivity index (χ4n) is 2.23. The Morgan fingerprint density at radius 2 is 1.85 bits per heavy atom. The Morgan fingerprint density at radius 3 is 2.54 bits per heavy atom. The summed E-state index contributed by atoms with van der Waals surface area (Å²) in [6.07, 6.45) is 0. The first kappa shape index (κ1) is 19.9. The molecule has 0 fully saturated rings. The lowest BCUT2D eigenvalue weighted by atomic mass is 10.1. The topological polar surface area (TPSA) is 79.5 Å². The number of ether oxygens (including phenoxy) is 1. The number of hydrogen-bond donors (Lipinski definition) is 3. The van der Waals surface area contributed by atoms with Crippen molar-refractivity contribution in [3.8, 4) is 5.75 Å². The van der Waals surface area contributed by atoms with Gasteiger partial charge in [-0.15, -0.1) is 0 Å². The van der Waals surface area contributed by atoms with Crippen molar-refractivity contribution < 1.29 is 14.3 Å². The summed E-state index contributed by atoms with van der Waals surface area (Å²) in [6, 6.07) is 12.0. The van der Waals surface area contributed by atoms with Crippen LogP contribution in [0, 0.1) is 0 Å². The standard InChI is InChI=1S/C18H18BrN3O3S/c1-3-20-16(23)12-6-4-5-7-14(12)21-18(26)22-17(24)13-10-11(19)8-9-15(13)25-2/h4-10H,3H2,1-2H3,(H,20,23)(H2,21,22,24,26). The molecule has 0 bridgehead atoms. The van der Waals surface area contributed by atoms with E-state index >= 15 is 0 Å². The molecule has 0 atom stereocenters. The molecule has 136 valence electrons. The van der Waals surface area contributed by atoms with Crippen LogP contribution in [0.3, 0.4) is 0 Å². The summed E-state index contributed by atoms with van der Waals surface area (Å²) in [7, 11) is 1.49. The number of thiocarbonyl (C=S) groups is 1. The molecule has 0 radical (unpaired) electrons. The highest BCUT2D eigenvalue weighted by atomic mass is 79.9. The van der Waals surface area contributed by atoms with Gasteiger partial charge in [0.2, 0.25) is 0 Å². The molecule has 0 saturated heterocycles. The van der Waals surface area contributed by atoms with Crippen molar-refractivity contribution in [3.63, 3.8) is 0 Å². The van der Waals surface area contributed by atoms with Gasteiger partial charge in [-0.3, -0.25) is 14.9 Å². The third kappa shape index (κ3) is 5.03. The van der Waals surface area contributed by atoms with Gasteiger partial charge in [0.15, 0.2) is 5.11 Å². The smallest absolute Gasteiger partial charge is 0.261 e. The summed E-state index contributed by atoms with van der Waals surface area (Å²) < 4.78 is 5.94. The van der Waals surface area contributed by atoms with E-state index in [0.29, 0.717) is 29.1 Å². The number of methoxy groups -OCH3 is 1. The number of halogens is 1. The third-order valence-corrected chi connectivity index (χ3v) is 4.09. The number of para-hydroxylation sites is 1. The summed E-state index contributed by atoms with van der Waals surface area (Å²) in [6.45, 7) is 2.35. The van der Waals surface area contributed by atoms with Gasteiger partial charge in [-0.2, -0.15) is 0 Å². The molecule has 3 N–H and O–H groups in total. The summed E-state index contributed by atoms with van der Waals surface area (Å²) in [5, 5.41) is 8.29. The van der Waals surface area contributed by atoms with E-state index in [1.54, 1.807) is 42.5 Å². The number of anilines is 1. The minimum Gasteiger partial charge on any atom is -0.496 e. The van der Waals surface area contributed by atoms with Crippen molar-refractivity contribution in [2.75, 3.05) is 19.0 Å². The van der Waals surface area contributed by atoms with E-state index in [9.17, 15) is 9.59 Å². The number of hydrogen-bond acceptors (Lipinski definition) is 4. The van der Waals surface area contributed by atoms with Crippen LogP contribution in [-0.2, 0) is 0 Å². The number of benzene rings is 2. The van der Waals surface area contributed by atoms with Crippen LogP contribution in [-0.4, -0.2) is 30.6 Å². The molecule has 2 aromatic rings. The second kappa shape index (κ2) is 9.30. The first-order valence-corrected chi connectivity index (χ1v) is 8.99. The van der Waals surface area contributed by atoms with Crippen molar-refractivity contribution >= 4 is 50.8 Å². The van der Waals surface area contributed by atoms with Gasteiger partial charge in [-0.05, 0) is 49.5 Å². The fourth-order valence-corrected chi connectivity index (χ4v) is 2.79. The lowest BCUT2D eigenvalue weighted by molar-refractivity contribution is 0.0954. The summed E-state index contributed by atoms with van der Waals surface area (Å²) in [4.78, 5) is 24.6. The molecule has 0 spiro atoms. The van der Waals surface area contributed by atoms with Gasteiger partial charge in [0.1, 0.15) is 5.75 Å². The van der Waals surface area contributed by atoms with E-state index in [0.717, 1.165) is 4.47 Å². The van der Waals surface area contributed by atoms with Gasteiger partial charge in [0, 0.05) is 11.0 Å². The Morgan fingerprint density at radius 1 is 1.12 bits per heavy atom. The average molecular weight is 436 g/mol. The van der Waals surface area contributed by atoms with Crippen LogP contribution < -0.4 is 20.7 Å². The molecule has 8 heteroatoms. The predicted molar refractivity (Wildman–Crippen MR) is 109 cm³/mol. The number of carbonyl (C=O) groups is 2. The zero-order valence-corrected chi connectivity index (χ0v) is 16.7. The van der Waals surface area contributed by atoms with Crippen LogP contribution in [0.15, 0.2) is 46.9 Å². The molecular weight excluding hydrogens is 418 g/mol. The van der Waals surface area contributed by atoms with Crippen LogP contribution in [0.4, 0.5) is 5.69 Å². The highest BCUT2D eigenvalue weighted by molar-refractivity contribution is 9.10. The quantitative estimate of drug-likeness (QED) is 0.627. The van der Waals surface area contributed by atoms with Crippen LogP contribution in [0.2, 0.25) is 0 Å². The lowest BCUT2D eigenvalue weighted by Crippen LogP contribution is -2.35. The summed E-state index contributed by atoms with van der Waals surface area (Å²) in [5.74, 6) is -0.217. The number of rotatable bonds is 5. The van der Waals surface area contributed by atoms with E-state index < -0.39 is 5.91 Å². The average Bonchev–Trinajstić information content (AvgIpc) is 2.62. The molecule has 2 aromatic carbocycles. The Kier molecular flexibility index (Phi) is 7.11. The molecule has 0 aliphatic carbocycles. The molecule has 0 aliphatic rings. The summed E-state index contributed by atoms with van der Waals surface area (Å²) in [5.41, 5.74) is 1.28. The van der Waals surface area contributed by atoms with Gasteiger partial charge >= 0.3 is 0 Å². The normalized spacial score (nSPS) is 9.96. The molecule has 0 aromatic heterocycles. The maximum atomic E-state index is 12.5. The Balaban J connectivity index is 2.14. The van der Waals surface area contributed by atoms with Crippen molar-refractivity contribution in [1.29, 1.82) is 0 Å². The molecule has 0 aliphatic heterocycles. The molecule has 0 saturated carbocycles. The van der Waals surface area contributed by atoms with E-state index in [2.05, 4.69) is 31.9 Å². The monoisotopic (exact) mass is 435 g/mol. The van der Waals surface area contributed by atoms with Gasteiger partial charge in [-0.1, -0.05) is 28.1 Å². The van der Waals surface area contributed by atoms with E-state index in [-0.39, 0.29) is 11.0 Å². The lowest BCUT2D eigenvalue weighted by Gasteiger charge is -2.14. The van der Waals surface area contributed by atoms with E-state index in [1.807, 2.05) is 6.92 Å². The zero-order chi connectivity index (χ0) is 19.1. The van der Waals surface area contributed by atoms with Crippen LogP contribution in [0.1, 0.15) is 27.6 Å². The molecule has 2 amide bonds. The highest BCUT2D eigenvalue weighted by Gasteiger charge is 2.16. The van der Waals surface area contributed by atoms with Crippen molar-refractivity contribution in [3.05, 3.63) is 58.1 Å². The molecular formula is C18H18BrN3O3S. The van der Waals surface area contributed by atoms with E-state index in [4.69, 9.17) is 17.0 Å². The van der Waals surface area contributed by atoms with Gasteiger partial charge in [0.25, 0.3) is 11.8 Å². The van der Waals surface area contributed by atoms with Gasteiger partial charge < -0.3 is 15.4 Å². The molecule has 6 nitrogen and oxygen atoms in total. The first-order chi connectivity index (χ1) is 12.5. The van der Waals surface area contributed by atoms with Crippen LogP contribution >= 0.6 is 28.1 Å². The van der Waals surface area contributed by atoms with Crippen LogP contribution in [0.5, 0.6) is 5.75 Å². The Hall–Kier alpha value is -2.45. The second-order valence-corrected chi connectivity index (χ2v) is 6.48. The minimum atomic E-state index is -0.420. The van der Waals surface area contributed by atoms with Crippen molar-refractivity contribution in [2.24, 2.45) is 0 Å². The van der Waals surface area contributed by atoms with Gasteiger partial charge in [-0.25, -0.2) is 0 Å². The maximum Gasteiger partial charge on any atom is 0.261 e. The first-order valence-electron chi connectivity index (χ1n) is 7.79. The number of nitrogens with one attached hydrogen (secondary N) is 3. The SMILES string of the molecule is CCNC(=O)c1ccccc1NC(=S)NC(=O)c1cc(Br)ccc1OC. The van der Waals surface area contributed by atoms with E-state index in [1.165, 1.54) is 7.11 Å². The number of carbonyl (C=O) groups excluding carboxylic acids is 2. The van der Waals surface area contributed by atoms with Crippen molar-refractivity contribution in [2.45, 2.75) is 6.92 Å². The maximum absolute atomic E-state index is 12.5. The highest BCUT2D eigenvalue weighted by Crippen LogP contribution is 2.23. The minimum absolute atomic E-state index is 0.0776. The van der Waals surface area contributed by atoms with Crippen molar-refractivity contribution in [1.82, 2.24) is 10.6 Å². The second-order valence-electron chi connectivity index (χ2n) is 5.16. The molecule has 0 heterocycles.